The van der Waals surface area contributed by atoms with Crippen molar-refractivity contribution in [1.29, 1.82) is 0 Å². The van der Waals surface area contributed by atoms with E-state index in [1.807, 2.05) is 4.90 Å². The summed E-state index contributed by atoms with van der Waals surface area (Å²) in [5.74, 6) is -2.61. The van der Waals surface area contributed by atoms with Crippen LogP contribution < -0.4 is 9.64 Å². The Labute approximate surface area is 194 Å². The maximum atomic E-state index is 13.7. The molecule has 3 heterocycles. The van der Waals surface area contributed by atoms with Gasteiger partial charge in [-0.25, -0.2) is 4.90 Å². The molecule has 10 heteroatoms. The van der Waals surface area contributed by atoms with Gasteiger partial charge in [0.1, 0.15) is 11.4 Å². The van der Waals surface area contributed by atoms with E-state index in [9.17, 15) is 24.5 Å². The van der Waals surface area contributed by atoms with Crippen LogP contribution in [0.5, 0.6) is 5.75 Å². The molecule has 0 N–H and O–H groups in total. The molecule has 2 amide bonds. The van der Waals surface area contributed by atoms with Crippen molar-refractivity contribution in [2.45, 2.75) is 24.9 Å². The zero-order valence-corrected chi connectivity index (χ0v) is 18.4. The Bertz CT molecular complexity index is 1180. The smallest absolute Gasteiger partial charge is 0.271 e. The van der Waals surface area contributed by atoms with Crippen LogP contribution in [0.3, 0.4) is 0 Å². The topological polar surface area (TPSA) is 110 Å². The zero-order valence-electron chi connectivity index (χ0n) is 17.6. The van der Waals surface area contributed by atoms with Crippen LogP contribution in [0.2, 0.25) is 5.02 Å². The number of methoxy groups -OCH3 is 1. The van der Waals surface area contributed by atoms with Gasteiger partial charge in [0.2, 0.25) is 11.8 Å². The lowest BCUT2D eigenvalue weighted by Gasteiger charge is -2.28. The SMILES string of the molecule is COc1ccc([N+](=O)[O-])cc1N1C(=O)[C@@H]2[C@H](C1=O)[C@@H](C(=O)c1ccc(Cl)cc1)N1CCC[C@@H]21. The number of ketones is 1. The van der Waals surface area contributed by atoms with E-state index in [2.05, 4.69) is 0 Å². The van der Waals surface area contributed by atoms with E-state index in [-0.39, 0.29) is 28.9 Å². The summed E-state index contributed by atoms with van der Waals surface area (Å²) in [6.07, 6.45) is 1.52. The number of fused-ring (bicyclic) bond motifs is 3. The number of benzene rings is 2. The molecule has 0 bridgehead atoms. The maximum absolute atomic E-state index is 13.7. The van der Waals surface area contributed by atoms with E-state index in [4.69, 9.17) is 16.3 Å². The molecule has 0 aliphatic carbocycles. The number of nitro groups is 1. The third-order valence-corrected chi connectivity index (χ3v) is 7.12. The number of carbonyl (C=O) groups is 3. The highest BCUT2D eigenvalue weighted by Gasteiger charge is 2.65. The van der Waals surface area contributed by atoms with Crippen LogP contribution in [0.15, 0.2) is 42.5 Å². The first-order chi connectivity index (χ1) is 15.8. The van der Waals surface area contributed by atoms with E-state index < -0.39 is 34.6 Å². The lowest BCUT2D eigenvalue weighted by atomic mass is 9.85. The summed E-state index contributed by atoms with van der Waals surface area (Å²) in [6.45, 7) is 0.627. The number of hydrogen-bond donors (Lipinski definition) is 0. The number of amides is 2. The van der Waals surface area contributed by atoms with Gasteiger partial charge in [-0.2, -0.15) is 0 Å². The highest BCUT2D eigenvalue weighted by Crippen LogP contribution is 2.50. The monoisotopic (exact) mass is 469 g/mol. The van der Waals surface area contributed by atoms with Crippen molar-refractivity contribution in [2.24, 2.45) is 11.8 Å². The first kappa shape index (κ1) is 21.5. The number of nitro benzene ring substituents is 1. The van der Waals surface area contributed by atoms with Gasteiger partial charge < -0.3 is 4.74 Å². The van der Waals surface area contributed by atoms with Crippen molar-refractivity contribution < 1.29 is 24.0 Å². The van der Waals surface area contributed by atoms with Gasteiger partial charge in [-0.05, 0) is 49.7 Å². The normalized spacial score (nSPS) is 26.4. The van der Waals surface area contributed by atoms with Gasteiger partial charge in [0.15, 0.2) is 5.78 Å². The summed E-state index contributed by atoms with van der Waals surface area (Å²) in [7, 11) is 1.36. The van der Waals surface area contributed by atoms with Crippen LogP contribution in [-0.4, -0.2) is 53.2 Å². The Morgan fingerprint density at radius 2 is 1.82 bits per heavy atom. The van der Waals surface area contributed by atoms with E-state index in [0.717, 1.165) is 17.4 Å². The minimum atomic E-state index is -0.866. The molecular weight excluding hydrogens is 450 g/mol. The standard InChI is InChI=1S/C23H20ClN3O6/c1-33-17-9-8-14(27(31)32)11-16(17)26-22(29)18-15-3-2-10-25(15)20(19(18)23(26)30)21(28)12-4-6-13(24)7-5-12/h4-9,11,15,18-20H,2-3,10H2,1H3/t15-,18-,19-,20-/m0/s1. The van der Waals surface area contributed by atoms with Crippen molar-refractivity contribution in [1.82, 2.24) is 4.90 Å². The quantitative estimate of drug-likeness (QED) is 0.286. The molecule has 0 unspecified atom stereocenters. The number of hydrogen-bond acceptors (Lipinski definition) is 7. The highest BCUT2D eigenvalue weighted by atomic mass is 35.5. The molecule has 5 rings (SSSR count). The Balaban J connectivity index is 1.58. The predicted octanol–water partition coefficient (Wildman–Crippen LogP) is 3.09. The Morgan fingerprint density at radius 3 is 2.48 bits per heavy atom. The number of carbonyl (C=O) groups excluding carboxylic acids is 3. The van der Waals surface area contributed by atoms with Crippen LogP contribution in [0, 0.1) is 22.0 Å². The molecule has 2 aromatic carbocycles. The lowest BCUT2D eigenvalue weighted by Crippen LogP contribution is -2.46. The minimum absolute atomic E-state index is 0.0262. The molecule has 33 heavy (non-hydrogen) atoms. The molecule has 170 valence electrons. The number of ether oxygens (including phenoxy) is 1. The average Bonchev–Trinajstić information content (AvgIpc) is 3.45. The van der Waals surface area contributed by atoms with Gasteiger partial charge in [-0.15, -0.1) is 0 Å². The fourth-order valence-electron chi connectivity index (χ4n) is 5.50. The molecule has 3 fully saturated rings. The van der Waals surface area contributed by atoms with Crippen LogP contribution in [0.25, 0.3) is 0 Å². The summed E-state index contributed by atoms with van der Waals surface area (Å²) < 4.78 is 5.29. The van der Waals surface area contributed by atoms with Crippen LogP contribution in [0.4, 0.5) is 11.4 Å². The minimum Gasteiger partial charge on any atom is -0.495 e. The summed E-state index contributed by atoms with van der Waals surface area (Å²) in [6, 6.07) is 9.22. The number of anilines is 1. The molecule has 4 atom stereocenters. The van der Waals surface area contributed by atoms with E-state index >= 15 is 0 Å². The second-order valence-electron chi connectivity index (χ2n) is 8.44. The van der Waals surface area contributed by atoms with Gasteiger partial charge in [0.05, 0.1) is 29.9 Å². The van der Waals surface area contributed by atoms with Gasteiger partial charge in [-0.3, -0.25) is 29.4 Å². The second-order valence-corrected chi connectivity index (χ2v) is 8.88. The van der Waals surface area contributed by atoms with E-state index in [0.29, 0.717) is 23.6 Å². The van der Waals surface area contributed by atoms with Crippen molar-refractivity contribution in [2.75, 3.05) is 18.6 Å². The van der Waals surface area contributed by atoms with Crippen LogP contribution in [0.1, 0.15) is 23.2 Å². The molecule has 3 aliphatic heterocycles. The fraction of sp³-hybridized carbons (Fsp3) is 0.348. The molecule has 0 spiro atoms. The first-order valence-corrected chi connectivity index (χ1v) is 11.0. The van der Waals surface area contributed by atoms with Crippen molar-refractivity contribution in [3.8, 4) is 5.75 Å². The number of Topliss-reactive ketones (excluding diaryl/α,β-unsaturated/α-hetero) is 1. The highest BCUT2D eigenvalue weighted by molar-refractivity contribution is 6.30. The number of non-ortho nitro benzene ring substituents is 1. The van der Waals surface area contributed by atoms with Crippen LogP contribution in [-0.2, 0) is 9.59 Å². The molecule has 3 saturated heterocycles. The Hall–Kier alpha value is -3.30. The van der Waals surface area contributed by atoms with Gasteiger partial charge in [0, 0.05) is 28.8 Å². The molecule has 0 saturated carbocycles. The molecule has 0 aromatic heterocycles. The Morgan fingerprint density at radius 1 is 1.12 bits per heavy atom. The zero-order chi connectivity index (χ0) is 23.4. The number of halogens is 1. The summed E-state index contributed by atoms with van der Waals surface area (Å²) in [4.78, 5) is 54.4. The van der Waals surface area contributed by atoms with Crippen LogP contribution >= 0.6 is 11.6 Å². The lowest BCUT2D eigenvalue weighted by molar-refractivity contribution is -0.384. The third-order valence-electron chi connectivity index (χ3n) is 6.86. The number of rotatable bonds is 5. The summed E-state index contributed by atoms with van der Waals surface area (Å²) in [5, 5.41) is 11.8. The maximum Gasteiger partial charge on any atom is 0.271 e. The van der Waals surface area contributed by atoms with Gasteiger partial charge in [-0.1, -0.05) is 11.6 Å². The Kier molecular flexibility index (Phi) is 5.18. The predicted molar refractivity (Wildman–Crippen MR) is 118 cm³/mol. The number of nitrogens with zero attached hydrogens (tertiary/aromatic N) is 3. The molecule has 3 aliphatic rings. The largest absolute Gasteiger partial charge is 0.495 e. The average molecular weight is 470 g/mol. The summed E-state index contributed by atoms with van der Waals surface area (Å²) >= 11 is 5.96. The summed E-state index contributed by atoms with van der Waals surface area (Å²) in [5.41, 5.74) is 0.181. The van der Waals surface area contributed by atoms with Gasteiger partial charge >= 0.3 is 0 Å². The van der Waals surface area contributed by atoms with Crippen molar-refractivity contribution in [3.05, 3.63) is 63.2 Å². The number of imide groups is 1. The second kappa shape index (κ2) is 7.93. The van der Waals surface area contributed by atoms with Crippen molar-refractivity contribution in [3.63, 3.8) is 0 Å². The third kappa shape index (κ3) is 3.22. The van der Waals surface area contributed by atoms with Gasteiger partial charge in [0.25, 0.3) is 5.69 Å². The van der Waals surface area contributed by atoms with E-state index in [1.54, 1.807) is 24.3 Å². The fourth-order valence-corrected chi connectivity index (χ4v) is 5.63. The van der Waals surface area contributed by atoms with E-state index in [1.165, 1.54) is 19.2 Å². The molecule has 2 aromatic rings. The molecule has 0 radical (unpaired) electrons. The molecular formula is C23H20ClN3O6. The first-order valence-electron chi connectivity index (χ1n) is 10.6. The molecule has 9 nitrogen and oxygen atoms in total. The van der Waals surface area contributed by atoms with Crippen molar-refractivity contribution >= 4 is 40.6 Å².